The van der Waals surface area contributed by atoms with Gasteiger partial charge in [-0.3, -0.25) is 0 Å². The van der Waals surface area contributed by atoms with Crippen LogP contribution in [0.1, 0.15) is 11.4 Å². The van der Waals surface area contributed by atoms with Crippen molar-refractivity contribution in [2.45, 2.75) is 13.0 Å². The maximum Gasteiger partial charge on any atom is 0.129 e. The normalized spacial score (nSPS) is 10.8. The second-order valence-electron chi connectivity index (χ2n) is 3.71. The number of hydrogen-bond donors (Lipinski definition) is 1. The van der Waals surface area contributed by atoms with Crippen LogP contribution in [0.5, 0.6) is 0 Å². The molecule has 2 aromatic rings. The highest BCUT2D eigenvalue weighted by Gasteiger charge is 2.09. The third-order valence-corrected chi connectivity index (χ3v) is 2.91. The molecule has 0 bridgehead atoms. The van der Waals surface area contributed by atoms with Crippen LogP contribution in [0.2, 0.25) is 5.02 Å². The molecular formula is C12H13ClFN3. The predicted molar refractivity (Wildman–Crippen MR) is 65.5 cm³/mol. The molecule has 0 saturated carbocycles. The fourth-order valence-electron chi connectivity index (χ4n) is 1.69. The van der Waals surface area contributed by atoms with Crippen LogP contribution >= 0.6 is 11.6 Å². The molecule has 1 aromatic heterocycles. The van der Waals surface area contributed by atoms with E-state index >= 15 is 0 Å². The summed E-state index contributed by atoms with van der Waals surface area (Å²) in [6.45, 7) is 0.892. The smallest absolute Gasteiger partial charge is 0.129 e. The van der Waals surface area contributed by atoms with Gasteiger partial charge in [0.1, 0.15) is 11.6 Å². The maximum atomic E-state index is 13.6. The third-order valence-electron chi connectivity index (χ3n) is 2.56. The van der Waals surface area contributed by atoms with Crippen LogP contribution in [0.15, 0.2) is 30.6 Å². The van der Waals surface area contributed by atoms with Crippen LogP contribution in [0.25, 0.3) is 0 Å². The predicted octanol–water partition coefficient (Wildman–Crippen LogP) is 2.23. The lowest BCUT2D eigenvalue weighted by Gasteiger charge is -2.09. The Morgan fingerprint density at radius 2 is 2.24 bits per heavy atom. The number of rotatable bonds is 4. The Morgan fingerprint density at radius 3 is 2.94 bits per heavy atom. The molecule has 1 aromatic carbocycles. The van der Waals surface area contributed by atoms with Gasteiger partial charge in [-0.1, -0.05) is 17.7 Å². The van der Waals surface area contributed by atoms with Gasteiger partial charge >= 0.3 is 0 Å². The van der Waals surface area contributed by atoms with E-state index in [4.69, 9.17) is 17.3 Å². The summed E-state index contributed by atoms with van der Waals surface area (Å²) < 4.78 is 15.5. The standard InChI is InChI=1S/C12H13ClFN3/c13-10-2-1-3-11(14)9(10)8-17-7-6-16-12(17)4-5-15/h1-3,6-7H,4-5,8,15H2. The molecule has 0 radical (unpaired) electrons. The van der Waals surface area contributed by atoms with Crippen molar-refractivity contribution in [3.8, 4) is 0 Å². The molecule has 0 aliphatic rings. The van der Waals surface area contributed by atoms with Crippen molar-refractivity contribution in [1.82, 2.24) is 9.55 Å². The van der Waals surface area contributed by atoms with Crippen molar-refractivity contribution >= 4 is 11.6 Å². The van der Waals surface area contributed by atoms with E-state index in [0.717, 1.165) is 5.82 Å². The van der Waals surface area contributed by atoms with Crippen molar-refractivity contribution in [3.05, 3.63) is 52.8 Å². The Balaban J connectivity index is 2.28. The monoisotopic (exact) mass is 253 g/mol. The second kappa shape index (κ2) is 5.29. The molecule has 0 aliphatic heterocycles. The van der Waals surface area contributed by atoms with Crippen LogP contribution in [0.4, 0.5) is 4.39 Å². The molecule has 90 valence electrons. The minimum atomic E-state index is -0.301. The van der Waals surface area contributed by atoms with E-state index in [-0.39, 0.29) is 5.82 Å². The first-order valence-electron chi connectivity index (χ1n) is 5.35. The van der Waals surface area contributed by atoms with Gasteiger partial charge in [0.05, 0.1) is 6.54 Å². The average molecular weight is 254 g/mol. The first-order valence-corrected chi connectivity index (χ1v) is 5.73. The van der Waals surface area contributed by atoms with Gasteiger partial charge in [0, 0.05) is 29.4 Å². The number of hydrogen-bond acceptors (Lipinski definition) is 2. The van der Waals surface area contributed by atoms with E-state index in [1.54, 1.807) is 24.5 Å². The molecule has 0 aliphatic carbocycles. The largest absolute Gasteiger partial charge is 0.330 e. The molecule has 0 atom stereocenters. The Labute approximate surface area is 104 Å². The molecule has 0 amide bonds. The van der Waals surface area contributed by atoms with Gasteiger partial charge in [0.25, 0.3) is 0 Å². The molecule has 0 unspecified atom stereocenters. The molecule has 0 fully saturated rings. The van der Waals surface area contributed by atoms with E-state index < -0.39 is 0 Å². The van der Waals surface area contributed by atoms with Crippen LogP contribution in [-0.4, -0.2) is 16.1 Å². The maximum absolute atomic E-state index is 13.6. The van der Waals surface area contributed by atoms with E-state index in [2.05, 4.69) is 4.98 Å². The summed E-state index contributed by atoms with van der Waals surface area (Å²) in [5.41, 5.74) is 5.97. The van der Waals surface area contributed by atoms with Gasteiger partial charge in [0.15, 0.2) is 0 Å². The number of nitrogens with zero attached hydrogens (tertiary/aromatic N) is 2. The molecule has 5 heteroatoms. The minimum Gasteiger partial charge on any atom is -0.330 e. The van der Waals surface area contributed by atoms with Crippen molar-refractivity contribution in [1.29, 1.82) is 0 Å². The van der Waals surface area contributed by atoms with E-state index in [0.29, 0.717) is 30.1 Å². The Hall–Kier alpha value is -1.39. The molecule has 0 saturated heterocycles. The molecule has 3 nitrogen and oxygen atoms in total. The topological polar surface area (TPSA) is 43.8 Å². The number of halogens is 2. The van der Waals surface area contributed by atoms with Crippen LogP contribution in [-0.2, 0) is 13.0 Å². The van der Waals surface area contributed by atoms with Crippen LogP contribution in [0.3, 0.4) is 0 Å². The van der Waals surface area contributed by atoms with Crippen LogP contribution < -0.4 is 5.73 Å². The fourth-order valence-corrected chi connectivity index (χ4v) is 1.92. The lowest BCUT2D eigenvalue weighted by atomic mass is 10.2. The van der Waals surface area contributed by atoms with Crippen molar-refractivity contribution < 1.29 is 4.39 Å². The molecular weight excluding hydrogens is 241 g/mol. The van der Waals surface area contributed by atoms with Crippen LogP contribution in [0, 0.1) is 5.82 Å². The van der Waals surface area contributed by atoms with Crippen molar-refractivity contribution in [2.75, 3.05) is 6.54 Å². The Bertz CT molecular complexity index is 490. The average Bonchev–Trinajstić information content (AvgIpc) is 2.72. The Kier molecular flexibility index (Phi) is 3.76. The van der Waals surface area contributed by atoms with Gasteiger partial charge in [-0.25, -0.2) is 9.37 Å². The van der Waals surface area contributed by atoms with E-state index in [9.17, 15) is 4.39 Å². The number of imidazole rings is 1. The summed E-state index contributed by atoms with van der Waals surface area (Å²) in [5.74, 6) is 0.539. The first-order chi connectivity index (χ1) is 8.22. The third kappa shape index (κ3) is 2.65. The highest BCUT2D eigenvalue weighted by atomic mass is 35.5. The summed E-state index contributed by atoms with van der Waals surface area (Å²) in [6, 6.07) is 4.68. The molecule has 17 heavy (non-hydrogen) atoms. The number of nitrogens with two attached hydrogens (primary N) is 1. The van der Waals surface area contributed by atoms with Crippen molar-refractivity contribution in [3.63, 3.8) is 0 Å². The number of benzene rings is 1. The lowest BCUT2D eigenvalue weighted by molar-refractivity contribution is 0.594. The zero-order valence-electron chi connectivity index (χ0n) is 9.24. The highest BCUT2D eigenvalue weighted by molar-refractivity contribution is 6.31. The van der Waals surface area contributed by atoms with Gasteiger partial charge in [-0.15, -0.1) is 0 Å². The summed E-state index contributed by atoms with van der Waals surface area (Å²) in [6.07, 6.45) is 4.15. The van der Waals surface area contributed by atoms with E-state index in [1.165, 1.54) is 6.07 Å². The van der Waals surface area contributed by atoms with Gasteiger partial charge in [-0.05, 0) is 18.7 Å². The summed E-state index contributed by atoms with van der Waals surface area (Å²) >= 11 is 5.98. The van der Waals surface area contributed by atoms with Crippen molar-refractivity contribution in [2.24, 2.45) is 5.73 Å². The molecule has 1 heterocycles. The number of aromatic nitrogens is 2. The molecule has 2 rings (SSSR count). The molecule has 0 spiro atoms. The zero-order chi connectivity index (χ0) is 12.3. The van der Waals surface area contributed by atoms with E-state index in [1.807, 2.05) is 4.57 Å². The zero-order valence-corrected chi connectivity index (χ0v) is 9.99. The summed E-state index contributed by atoms with van der Waals surface area (Å²) in [7, 11) is 0. The molecule has 2 N–H and O–H groups in total. The lowest BCUT2D eigenvalue weighted by Crippen LogP contribution is -2.11. The van der Waals surface area contributed by atoms with Gasteiger partial charge in [-0.2, -0.15) is 0 Å². The quantitative estimate of drug-likeness (QED) is 0.908. The second-order valence-corrected chi connectivity index (χ2v) is 4.12. The van der Waals surface area contributed by atoms with Gasteiger partial charge < -0.3 is 10.3 Å². The summed E-state index contributed by atoms with van der Waals surface area (Å²) in [4.78, 5) is 4.18. The highest BCUT2D eigenvalue weighted by Crippen LogP contribution is 2.20. The summed E-state index contributed by atoms with van der Waals surface area (Å²) in [5, 5.41) is 0.428. The Morgan fingerprint density at radius 1 is 1.41 bits per heavy atom. The first kappa shape index (κ1) is 12.1. The fraction of sp³-hybridized carbons (Fsp3) is 0.250. The van der Waals surface area contributed by atoms with Gasteiger partial charge in [0.2, 0.25) is 0 Å². The minimum absolute atomic E-state index is 0.301. The SMILES string of the molecule is NCCc1nccn1Cc1c(F)cccc1Cl.